The number of hydrogen-bond acceptors (Lipinski definition) is 3. The van der Waals surface area contributed by atoms with Crippen LogP contribution >= 0.6 is 0 Å². The predicted molar refractivity (Wildman–Crippen MR) is 64.9 cm³/mol. The van der Waals surface area contributed by atoms with Crippen LogP contribution < -0.4 is 5.73 Å². The number of nitrogen functional groups attached to an aromatic ring is 1. The normalized spacial score (nSPS) is 10.6. The van der Waals surface area contributed by atoms with E-state index in [2.05, 4.69) is 17.0 Å². The average Bonchev–Trinajstić information content (AvgIpc) is 2.71. The fourth-order valence-electron chi connectivity index (χ4n) is 1.69. The second-order valence-corrected chi connectivity index (χ2v) is 3.87. The van der Waals surface area contributed by atoms with E-state index in [4.69, 9.17) is 5.73 Å². The second-order valence-electron chi connectivity index (χ2n) is 3.87. The Morgan fingerprint density at radius 2 is 2.25 bits per heavy atom. The summed E-state index contributed by atoms with van der Waals surface area (Å²) in [6.45, 7) is 5.02. The third kappa shape index (κ3) is 1.91. The molecule has 2 aromatic heterocycles. The first-order chi connectivity index (χ1) is 7.72. The molecule has 4 heteroatoms. The Labute approximate surface area is 95.1 Å². The van der Waals surface area contributed by atoms with Gasteiger partial charge in [-0.25, -0.2) is 4.98 Å². The van der Waals surface area contributed by atoms with Crippen molar-refractivity contribution in [3.8, 4) is 11.3 Å². The minimum Gasteiger partial charge on any atom is -0.383 e. The van der Waals surface area contributed by atoms with Crippen LogP contribution in [0.4, 0.5) is 5.82 Å². The van der Waals surface area contributed by atoms with Crippen LogP contribution in [0, 0.1) is 6.92 Å². The molecule has 2 rings (SSSR count). The van der Waals surface area contributed by atoms with Crippen molar-refractivity contribution in [3.63, 3.8) is 0 Å². The predicted octanol–water partition coefficient (Wildman–Crippen LogP) is 2.25. The molecule has 84 valence electrons. The van der Waals surface area contributed by atoms with E-state index in [9.17, 15) is 0 Å². The van der Waals surface area contributed by atoms with Crippen LogP contribution in [0.3, 0.4) is 0 Å². The summed E-state index contributed by atoms with van der Waals surface area (Å²) in [5, 5.41) is 4.29. The van der Waals surface area contributed by atoms with Gasteiger partial charge in [0.1, 0.15) is 5.82 Å². The number of aryl methyl sites for hydroxylation is 2. The quantitative estimate of drug-likeness (QED) is 0.856. The van der Waals surface area contributed by atoms with Gasteiger partial charge < -0.3 is 5.73 Å². The number of pyridine rings is 1. The summed E-state index contributed by atoms with van der Waals surface area (Å²) in [4.78, 5) is 4.17. The molecule has 0 aromatic carbocycles. The van der Waals surface area contributed by atoms with Crippen molar-refractivity contribution in [1.29, 1.82) is 0 Å². The summed E-state index contributed by atoms with van der Waals surface area (Å²) >= 11 is 0. The van der Waals surface area contributed by atoms with Crippen LogP contribution in [-0.2, 0) is 6.54 Å². The van der Waals surface area contributed by atoms with E-state index in [0.29, 0.717) is 5.82 Å². The summed E-state index contributed by atoms with van der Waals surface area (Å²) in [7, 11) is 0. The Balaban J connectivity index is 2.42. The number of aromatic nitrogens is 3. The molecule has 0 saturated heterocycles. The molecule has 0 aliphatic carbocycles. The third-order valence-electron chi connectivity index (χ3n) is 2.57. The van der Waals surface area contributed by atoms with Gasteiger partial charge in [0.15, 0.2) is 0 Å². The third-order valence-corrected chi connectivity index (χ3v) is 2.57. The number of nitrogens with two attached hydrogens (primary N) is 1. The Morgan fingerprint density at radius 3 is 2.94 bits per heavy atom. The molecule has 0 atom stereocenters. The molecule has 2 N–H and O–H groups in total. The molecule has 0 unspecified atom stereocenters. The Kier molecular flexibility index (Phi) is 2.90. The minimum atomic E-state index is 0.588. The van der Waals surface area contributed by atoms with Gasteiger partial charge in [0.25, 0.3) is 0 Å². The van der Waals surface area contributed by atoms with E-state index < -0.39 is 0 Å². The second kappa shape index (κ2) is 4.35. The maximum absolute atomic E-state index is 5.71. The molecule has 0 amide bonds. The van der Waals surface area contributed by atoms with Gasteiger partial charge in [-0.1, -0.05) is 6.92 Å². The van der Waals surface area contributed by atoms with Gasteiger partial charge in [0.05, 0.1) is 5.69 Å². The Hall–Kier alpha value is -1.84. The molecule has 0 aliphatic rings. The molecule has 4 nitrogen and oxygen atoms in total. The van der Waals surface area contributed by atoms with E-state index in [0.717, 1.165) is 29.8 Å². The topological polar surface area (TPSA) is 56.7 Å². The molecule has 0 bridgehead atoms. The van der Waals surface area contributed by atoms with Crippen LogP contribution in [-0.4, -0.2) is 14.8 Å². The summed E-state index contributed by atoms with van der Waals surface area (Å²) in [6.07, 6.45) is 4.68. The van der Waals surface area contributed by atoms with Gasteiger partial charge >= 0.3 is 0 Å². The SMILES string of the molecule is CCCn1nccc1-c1cnc(N)c(C)c1. The average molecular weight is 216 g/mol. The van der Waals surface area contributed by atoms with E-state index in [1.165, 1.54) is 0 Å². The largest absolute Gasteiger partial charge is 0.383 e. The number of hydrogen-bond donors (Lipinski definition) is 1. The lowest BCUT2D eigenvalue weighted by molar-refractivity contribution is 0.609. The van der Waals surface area contributed by atoms with E-state index >= 15 is 0 Å². The van der Waals surface area contributed by atoms with Crippen molar-refractivity contribution in [1.82, 2.24) is 14.8 Å². The van der Waals surface area contributed by atoms with Crippen LogP contribution in [0.5, 0.6) is 0 Å². The zero-order valence-corrected chi connectivity index (χ0v) is 9.64. The molecular weight excluding hydrogens is 200 g/mol. The lowest BCUT2D eigenvalue weighted by atomic mass is 10.1. The molecular formula is C12H16N4. The molecule has 2 aromatic rings. The number of rotatable bonds is 3. The van der Waals surface area contributed by atoms with Gasteiger partial charge in [-0.3, -0.25) is 4.68 Å². The zero-order chi connectivity index (χ0) is 11.5. The summed E-state index contributed by atoms with van der Waals surface area (Å²) < 4.78 is 1.99. The Bertz CT molecular complexity index is 488. The number of anilines is 1. The van der Waals surface area contributed by atoms with Crippen LogP contribution in [0.25, 0.3) is 11.3 Å². The molecule has 0 spiro atoms. The van der Waals surface area contributed by atoms with Crippen molar-refractivity contribution >= 4 is 5.82 Å². The van der Waals surface area contributed by atoms with Crippen molar-refractivity contribution < 1.29 is 0 Å². The van der Waals surface area contributed by atoms with Crippen LogP contribution in [0.1, 0.15) is 18.9 Å². The molecule has 0 aliphatic heterocycles. The van der Waals surface area contributed by atoms with E-state index in [-0.39, 0.29) is 0 Å². The fourth-order valence-corrected chi connectivity index (χ4v) is 1.69. The molecule has 0 radical (unpaired) electrons. The number of nitrogens with zero attached hydrogens (tertiary/aromatic N) is 3. The highest BCUT2D eigenvalue weighted by molar-refractivity contribution is 5.61. The molecule has 2 heterocycles. The highest BCUT2D eigenvalue weighted by atomic mass is 15.3. The van der Waals surface area contributed by atoms with Crippen molar-refractivity contribution in [2.75, 3.05) is 5.73 Å². The van der Waals surface area contributed by atoms with Crippen molar-refractivity contribution in [3.05, 3.63) is 30.1 Å². The molecule has 0 saturated carbocycles. The molecule has 16 heavy (non-hydrogen) atoms. The lowest BCUT2D eigenvalue weighted by Crippen LogP contribution is -2.02. The fraction of sp³-hybridized carbons (Fsp3) is 0.333. The minimum absolute atomic E-state index is 0.588. The van der Waals surface area contributed by atoms with Crippen molar-refractivity contribution in [2.45, 2.75) is 26.8 Å². The highest BCUT2D eigenvalue weighted by Gasteiger charge is 2.06. The standard InChI is InChI=1S/C12H16N4/c1-3-6-16-11(4-5-15-16)10-7-9(2)12(13)14-8-10/h4-5,7-8H,3,6H2,1-2H3,(H2,13,14). The van der Waals surface area contributed by atoms with Gasteiger partial charge in [-0.15, -0.1) is 0 Å². The highest BCUT2D eigenvalue weighted by Crippen LogP contribution is 2.21. The van der Waals surface area contributed by atoms with Gasteiger partial charge in [-0.2, -0.15) is 5.10 Å². The van der Waals surface area contributed by atoms with Gasteiger partial charge in [0.2, 0.25) is 0 Å². The zero-order valence-electron chi connectivity index (χ0n) is 9.64. The van der Waals surface area contributed by atoms with E-state index in [1.807, 2.05) is 29.9 Å². The first-order valence-electron chi connectivity index (χ1n) is 5.46. The lowest BCUT2D eigenvalue weighted by Gasteiger charge is -2.07. The smallest absolute Gasteiger partial charge is 0.126 e. The monoisotopic (exact) mass is 216 g/mol. The van der Waals surface area contributed by atoms with Gasteiger partial charge in [-0.05, 0) is 31.0 Å². The van der Waals surface area contributed by atoms with Crippen LogP contribution in [0.15, 0.2) is 24.5 Å². The summed E-state index contributed by atoms with van der Waals surface area (Å²) in [5.41, 5.74) is 8.87. The van der Waals surface area contributed by atoms with E-state index in [1.54, 1.807) is 6.20 Å². The summed E-state index contributed by atoms with van der Waals surface area (Å²) in [6, 6.07) is 4.05. The van der Waals surface area contributed by atoms with Crippen molar-refractivity contribution in [2.24, 2.45) is 0 Å². The maximum Gasteiger partial charge on any atom is 0.126 e. The first kappa shape index (κ1) is 10.7. The van der Waals surface area contributed by atoms with Gasteiger partial charge in [0, 0.05) is 24.5 Å². The maximum atomic E-state index is 5.71. The molecule has 0 fully saturated rings. The first-order valence-corrected chi connectivity index (χ1v) is 5.46. The Morgan fingerprint density at radius 1 is 1.44 bits per heavy atom. The van der Waals surface area contributed by atoms with Crippen LogP contribution in [0.2, 0.25) is 0 Å². The summed E-state index contributed by atoms with van der Waals surface area (Å²) in [5.74, 6) is 0.588.